The maximum Gasteiger partial charge on any atom is 0.163 e. The molecule has 1 aromatic rings. The van der Waals surface area contributed by atoms with Crippen molar-refractivity contribution in [3.63, 3.8) is 0 Å². The van der Waals surface area contributed by atoms with Gasteiger partial charge >= 0.3 is 0 Å². The molecule has 0 bridgehead atoms. The Balaban J connectivity index is 1.82. The van der Waals surface area contributed by atoms with Gasteiger partial charge in [0, 0.05) is 0 Å². The molecule has 1 aliphatic heterocycles. The molecule has 1 fully saturated rings. The molecule has 94 valence electrons. The molecule has 1 atom stereocenters. The summed E-state index contributed by atoms with van der Waals surface area (Å²) in [6.45, 7) is 4.86. The number of aliphatic hydroxyl groups is 1. The van der Waals surface area contributed by atoms with Gasteiger partial charge in [0.05, 0.1) is 13.2 Å². The van der Waals surface area contributed by atoms with Crippen LogP contribution in [0.5, 0.6) is 5.75 Å². The Labute approximate surface area is 101 Å². The van der Waals surface area contributed by atoms with Crippen molar-refractivity contribution < 1.29 is 19.3 Å². The molecule has 0 radical (unpaired) electrons. The van der Waals surface area contributed by atoms with Gasteiger partial charge in [-0.25, -0.2) is 0 Å². The van der Waals surface area contributed by atoms with Gasteiger partial charge in [-0.3, -0.25) is 0 Å². The van der Waals surface area contributed by atoms with E-state index in [1.165, 1.54) is 0 Å². The number of rotatable bonds is 4. The minimum Gasteiger partial charge on any atom is -0.491 e. The van der Waals surface area contributed by atoms with Crippen molar-refractivity contribution in [2.24, 2.45) is 0 Å². The van der Waals surface area contributed by atoms with Crippen LogP contribution in [0.25, 0.3) is 0 Å². The molecular weight excluding hydrogens is 220 g/mol. The topological polar surface area (TPSA) is 47.9 Å². The van der Waals surface area contributed by atoms with E-state index < -0.39 is 5.79 Å². The second-order valence-electron chi connectivity index (χ2n) is 4.56. The molecular formula is C13H18O4. The minimum absolute atomic E-state index is 0.0254. The maximum atomic E-state index is 8.91. The van der Waals surface area contributed by atoms with Crippen LogP contribution in [0.2, 0.25) is 0 Å². The molecule has 4 heteroatoms. The van der Waals surface area contributed by atoms with Gasteiger partial charge in [-0.1, -0.05) is 12.1 Å². The van der Waals surface area contributed by atoms with Crippen molar-refractivity contribution >= 4 is 0 Å². The number of benzene rings is 1. The van der Waals surface area contributed by atoms with Crippen molar-refractivity contribution in [1.29, 1.82) is 0 Å². The van der Waals surface area contributed by atoms with E-state index >= 15 is 0 Å². The Hall–Kier alpha value is -1.10. The summed E-state index contributed by atoms with van der Waals surface area (Å²) in [4.78, 5) is 0. The van der Waals surface area contributed by atoms with Crippen LogP contribution < -0.4 is 4.74 Å². The normalized spacial score (nSPS) is 22.6. The molecule has 1 aliphatic rings. The number of ether oxygens (including phenoxy) is 3. The van der Waals surface area contributed by atoms with Crippen LogP contribution in [0.1, 0.15) is 19.4 Å². The van der Waals surface area contributed by atoms with Gasteiger partial charge in [0.15, 0.2) is 5.79 Å². The van der Waals surface area contributed by atoms with Gasteiger partial charge in [0.1, 0.15) is 18.5 Å². The summed E-state index contributed by atoms with van der Waals surface area (Å²) in [5, 5.41) is 8.91. The Bertz CT molecular complexity index is 358. The highest BCUT2D eigenvalue weighted by Crippen LogP contribution is 2.23. The highest BCUT2D eigenvalue weighted by molar-refractivity contribution is 5.26. The van der Waals surface area contributed by atoms with Crippen molar-refractivity contribution in [2.45, 2.75) is 32.3 Å². The molecule has 0 spiro atoms. The van der Waals surface area contributed by atoms with Crippen LogP contribution in [0.3, 0.4) is 0 Å². The summed E-state index contributed by atoms with van der Waals surface area (Å²) < 4.78 is 16.7. The summed E-state index contributed by atoms with van der Waals surface area (Å²) in [5.41, 5.74) is 0.874. The van der Waals surface area contributed by atoms with Crippen molar-refractivity contribution in [2.75, 3.05) is 13.2 Å². The van der Waals surface area contributed by atoms with E-state index in [1.807, 2.05) is 38.1 Å². The predicted octanol–water partition coefficient (Wildman–Crippen LogP) is 1.71. The zero-order chi connectivity index (χ0) is 12.3. The highest BCUT2D eigenvalue weighted by atomic mass is 16.7. The molecule has 1 N–H and O–H groups in total. The molecule has 0 amide bonds. The SMILES string of the molecule is CC1(C)OCC(COc2ccc(CO)cc2)O1. The zero-order valence-corrected chi connectivity index (χ0v) is 10.2. The summed E-state index contributed by atoms with van der Waals surface area (Å²) in [7, 11) is 0. The Morgan fingerprint density at radius 3 is 2.59 bits per heavy atom. The standard InChI is InChI=1S/C13H18O4/c1-13(2)16-9-12(17-13)8-15-11-5-3-10(7-14)4-6-11/h3-6,12,14H,7-9H2,1-2H3. The van der Waals surface area contributed by atoms with Crippen LogP contribution in [0, 0.1) is 0 Å². The van der Waals surface area contributed by atoms with Gasteiger partial charge in [-0.15, -0.1) is 0 Å². The van der Waals surface area contributed by atoms with Gasteiger partial charge in [-0.2, -0.15) is 0 Å². The monoisotopic (exact) mass is 238 g/mol. The average molecular weight is 238 g/mol. The first-order valence-electron chi connectivity index (χ1n) is 5.73. The van der Waals surface area contributed by atoms with Crippen molar-refractivity contribution in [3.8, 4) is 5.75 Å². The van der Waals surface area contributed by atoms with Crippen LogP contribution in [0.4, 0.5) is 0 Å². The molecule has 17 heavy (non-hydrogen) atoms. The Kier molecular flexibility index (Phi) is 3.66. The minimum atomic E-state index is -0.505. The highest BCUT2D eigenvalue weighted by Gasteiger charge is 2.32. The summed E-state index contributed by atoms with van der Waals surface area (Å²) in [6, 6.07) is 7.36. The lowest BCUT2D eigenvalue weighted by molar-refractivity contribution is -0.141. The van der Waals surface area contributed by atoms with Crippen LogP contribution in [0.15, 0.2) is 24.3 Å². The lowest BCUT2D eigenvalue weighted by Crippen LogP contribution is -2.25. The van der Waals surface area contributed by atoms with Crippen LogP contribution in [-0.4, -0.2) is 30.2 Å². The third-order valence-corrected chi connectivity index (χ3v) is 2.61. The molecule has 1 saturated heterocycles. The first-order chi connectivity index (χ1) is 8.09. The van der Waals surface area contributed by atoms with Gasteiger partial charge in [0.2, 0.25) is 0 Å². The summed E-state index contributed by atoms with van der Waals surface area (Å²) >= 11 is 0. The Morgan fingerprint density at radius 2 is 2.06 bits per heavy atom. The van der Waals surface area contributed by atoms with Gasteiger partial charge in [-0.05, 0) is 31.5 Å². The third kappa shape index (κ3) is 3.43. The van der Waals surface area contributed by atoms with Crippen LogP contribution >= 0.6 is 0 Å². The summed E-state index contributed by atoms with van der Waals surface area (Å²) in [6.07, 6.45) is -0.0254. The number of hydrogen-bond donors (Lipinski definition) is 1. The second kappa shape index (κ2) is 5.04. The van der Waals surface area contributed by atoms with E-state index in [-0.39, 0.29) is 12.7 Å². The van der Waals surface area contributed by atoms with E-state index in [0.717, 1.165) is 11.3 Å². The summed E-state index contributed by atoms with van der Waals surface area (Å²) in [5.74, 6) is 0.268. The van der Waals surface area contributed by atoms with Crippen LogP contribution in [-0.2, 0) is 16.1 Å². The smallest absolute Gasteiger partial charge is 0.163 e. The van der Waals surface area contributed by atoms with E-state index in [9.17, 15) is 0 Å². The maximum absolute atomic E-state index is 8.91. The third-order valence-electron chi connectivity index (χ3n) is 2.61. The van der Waals surface area contributed by atoms with E-state index in [1.54, 1.807) is 0 Å². The molecule has 0 saturated carbocycles. The second-order valence-corrected chi connectivity index (χ2v) is 4.56. The molecule has 4 nitrogen and oxygen atoms in total. The fourth-order valence-electron chi connectivity index (χ4n) is 1.73. The van der Waals surface area contributed by atoms with Crippen molar-refractivity contribution in [1.82, 2.24) is 0 Å². The van der Waals surface area contributed by atoms with Gasteiger partial charge < -0.3 is 19.3 Å². The molecule has 1 aromatic carbocycles. The van der Waals surface area contributed by atoms with E-state index in [4.69, 9.17) is 19.3 Å². The van der Waals surface area contributed by atoms with Gasteiger partial charge in [0.25, 0.3) is 0 Å². The fraction of sp³-hybridized carbons (Fsp3) is 0.538. The van der Waals surface area contributed by atoms with E-state index in [0.29, 0.717) is 13.2 Å². The Morgan fingerprint density at radius 1 is 1.35 bits per heavy atom. The molecule has 0 aromatic heterocycles. The lowest BCUT2D eigenvalue weighted by atomic mass is 10.2. The first kappa shape index (κ1) is 12.4. The average Bonchev–Trinajstić information content (AvgIpc) is 2.67. The fourth-order valence-corrected chi connectivity index (χ4v) is 1.73. The molecule has 1 unspecified atom stereocenters. The number of aliphatic hydroxyl groups excluding tert-OH is 1. The van der Waals surface area contributed by atoms with E-state index in [2.05, 4.69) is 0 Å². The molecule has 1 heterocycles. The molecule has 0 aliphatic carbocycles. The number of hydrogen-bond acceptors (Lipinski definition) is 4. The molecule has 2 rings (SSSR count). The largest absolute Gasteiger partial charge is 0.491 e. The predicted molar refractivity (Wildman–Crippen MR) is 62.8 cm³/mol. The quantitative estimate of drug-likeness (QED) is 0.867. The zero-order valence-electron chi connectivity index (χ0n) is 10.2. The lowest BCUT2D eigenvalue weighted by Gasteiger charge is -2.17. The van der Waals surface area contributed by atoms with Crippen molar-refractivity contribution in [3.05, 3.63) is 29.8 Å². The first-order valence-corrected chi connectivity index (χ1v) is 5.73.